The fraction of sp³-hybridized carbons (Fsp3) is 0.750. The molecule has 8 heteroatoms. The van der Waals surface area contributed by atoms with Crippen molar-refractivity contribution < 1.29 is 13.5 Å². The molecule has 6 nitrogen and oxygen atoms in total. The second kappa shape index (κ2) is 6.01. The summed E-state index contributed by atoms with van der Waals surface area (Å²) in [5.41, 5.74) is 0.524. The van der Waals surface area contributed by atoms with Crippen molar-refractivity contribution >= 4 is 21.4 Å². The standard InChI is InChI=1S/C12H20ClN3O3S/c1-15(2)4-5-16-11(10(13)7-14-16)12(17)9-3-6-20(18,19)8-9/h7,9,12,17H,3-6,8H2,1-2H3. The normalized spacial score (nSPS) is 23.4. The van der Waals surface area contributed by atoms with E-state index in [0.717, 1.165) is 6.54 Å². The van der Waals surface area contributed by atoms with E-state index in [2.05, 4.69) is 5.10 Å². The topological polar surface area (TPSA) is 75.4 Å². The maximum atomic E-state index is 11.5. The van der Waals surface area contributed by atoms with Crippen molar-refractivity contribution in [3.63, 3.8) is 0 Å². The van der Waals surface area contributed by atoms with Gasteiger partial charge >= 0.3 is 0 Å². The van der Waals surface area contributed by atoms with Crippen LogP contribution in [0.4, 0.5) is 0 Å². The average Bonchev–Trinajstić information content (AvgIpc) is 2.89. The van der Waals surface area contributed by atoms with Crippen molar-refractivity contribution in [2.75, 3.05) is 32.1 Å². The Morgan fingerprint density at radius 1 is 1.60 bits per heavy atom. The van der Waals surface area contributed by atoms with E-state index in [4.69, 9.17) is 11.6 Å². The number of halogens is 1. The zero-order valence-corrected chi connectivity index (χ0v) is 13.2. The fourth-order valence-corrected chi connectivity index (χ4v) is 4.52. The van der Waals surface area contributed by atoms with Gasteiger partial charge in [0.1, 0.15) is 6.10 Å². The molecule has 1 aromatic heterocycles. The molecule has 0 radical (unpaired) electrons. The first-order valence-electron chi connectivity index (χ1n) is 6.54. The fourth-order valence-electron chi connectivity index (χ4n) is 2.43. The van der Waals surface area contributed by atoms with Crippen molar-refractivity contribution in [2.45, 2.75) is 19.1 Å². The molecule has 2 heterocycles. The minimum absolute atomic E-state index is 0.0172. The summed E-state index contributed by atoms with van der Waals surface area (Å²) in [6.45, 7) is 1.37. The maximum Gasteiger partial charge on any atom is 0.150 e. The van der Waals surface area contributed by atoms with Crippen LogP contribution in [0.15, 0.2) is 6.20 Å². The molecule has 1 N–H and O–H groups in total. The molecule has 2 atom stereocenters. The predicted molar refractivity (Wildman–Crippen MR) is 77.5 cm³/mol. The molecule has 1 fully saturated rings. The Bertz CT molecular complexity index is 571. The predicted octanol–water partition coefficient (Wildman–Crippen LogP) is 0.566. The van der Waals surface area contributed by atoms with Gasteiger partial charge in [0.2, 0.25) is 0 Å². The number of rotatable bonds is 5. The summed E-state index contributed by atoms with van der Waals surface area (Å²) in [5.74, 6) is -0.144. The number of sulfone groups is 1. The summed E-state index contributed by atoms with van der Waals surface area (Å²) in [7, 11) is 0.874. The lowest BCUT2D eigenvalue weighted by atomic mass is 9.99. The summed E-state index contributed by atoms with van der Waals surface area (Å²) in [6, 6.07) is 0. The van der Waals surface area contributed by atoms with Gasteiger partial charge in [0.05, 0.1) is 35.0 Å². The average molecular weight is 322 g/mol. The number of likely N-dealkylation sites (N-methyl/N-ethyl adjacent to an activating group) is 1. The van der Waals surface area contributed by atoms with Crippen molar-refractivity contribution in [1.29, 1.82) is 0 Å². The lowest BCUT2D eigenvalue weighted by Crippen LogP contribution is -2.23. The molecule has 2 rings (SSSR count). The molecule has 1 aliphatic heterocycles. The zero-order chi connectivity index (χ0) is 14.9. The van der Waals surface area contributed by atoms with Gasteiger partial charge in [-0.05, 0) is 20.5 Å². The highest BCUT2D eigenvalue weighted by molar-refractivity contribution is 7.91. The molecule has 0 spiro atoms. The van der Waals surface area contributed by atoms with Crippen molar-refractivity contribution in [1.82, 2.24) is 14.7 Å². The third-order valence-electron chi connectivity index (χ3n) is 3.59. The van der Waals surface area contributed by atoms with E-state index in [1.807, 2.05) is 19.0 Å². The zero-order valence-electron chi connectivity index (χ0n) is 11.7. The first-order chi connectivity index (χ1) is 9.30. The Hall–Kier alpha value is -0.630. The molecule has 0 saturated carbocycles. The first kappa shape index (κ1) is 15.8. The summed E-state index contributed by atoms with van der Waals surface area (Å²) in [5, 5.41) is 15.0. The number of hydrogen-bond acceptors (Lipinski definition) is 5. The van der Waals surface area contributed by atoms with Gasteiger partial charge in [0.15, 0.2) is 9.84 Å². The van der Waals surface area contributed by atoms with Crippen molar-refractivity contribution in [3.8, 4) is 0 Å². The quantitative estimate of drug-likeness (QED) is 0.858. The molecule has 0 bridgehead atoms. The molecule has 0 aliphatic carbocycles. The minimum atomic E-state index is -3.02. The largest absolute Gasteiger partial charge is 0.386 e. The molecule has 0 aromatic carbocycles. The van der Waals surface area contributed by atoms with Gasteiger partial charge in [0.25, 0.3) is 0 Å². The van der Waals surface area contributed by atoms with Crippen LogP contribution in [-0.4, -0.2) is 60.4 Å². The molecule has 114 valence electrons. The van der Waals surface area contributed by atoms with E-state index in [9.17, 15) is 13.5 Å². The van der Waals surface area contributed by atoms with Gasteiger partial charge in [-0.3, -0.25) is 4.68 Å². The molecule has 0 amide bonds. The summed E-state index contributed by atoms with van der Waals surface area (Å²) < 4.78 is 24.7. The number of aliphatic hydroxyl groups excluding tert-OH is 1. The molecule has 2 unspecified atom stereocenters. The van der Waals surface area contributed by atoms with Crippen LogP contribution < -0.4 is 0 Å². The van der Waals surface area contributed by atoms with Gasteiger partial charge in [-0.25, -0.2) is 8.42 Å². The van der Waals surface area contributed by atoms with Gasteiger partial charge < -0.3 is 10.0 Å². The summed E-state index contributed by atoms with van der Waals surface area (Å²) in [4.78, 5) is 2.01. The molecular weight excluding hydrogens is 302 g/mol. The number of aromatic nitrogens is 2. The Kier molecular flexibility index (Phi) is 4.73. The highest BCUT2D eigenvalue weighted by Gasteiger charge is 2.35. The van der Waals surface area contributed by atoms with E-state index < -0.39 is 15.9 Å². The molecule has 1 aliphatic rings. The van der Waals surface area contributed by atoms with Crippen molar-refractivity contribution in [2.24, 2.45) is 5.92 Å². The second-order valence-corrected chi connectivity index (χ2v) is 8.15. The van der Waals surface area contributed by atoms with E-state index in [0.29, 0.717) is 23.7 Å². The van der Waals surface area contributed by atoms with E-state index in [1.54, 1.807) is 4.68 Å². The molecule has 20 heavy (non-hydrogen) atoms. The lowest BCUT2D eigenvalue weighted by molar-refractivity contribution is 0.110. The molecule has 1 saturated heterocycles. The number of hydrogen-bond donors (Lipinski definition) is 1. The van der Waals surface area contributed by atoms with Crippen LogP contribution in [0, 0.1) is 5.92 Å². The van der Waals surface area contributed by atoms with E-state index in [-0.39, 0.29) is 17.4 Å². The number of aliphatic hydroxyl groups is 1. The lowest BCUT2D eigenvalue weighted by Gasteiger charge is -2.19. The highest BCUT2D eigenvalue weighted by atomic mass is 35.5. The Balaban J connectivity index is 2.17. The van der Waals surface area contributed by atoms with Crippen LogP contribution in [0.2, 0.25) is 5.02 Å². The van der Waals surface area contributed by atoms with Crippen molar-refractivity contribution in [3.05, 3.63) is 16.9 Å². The maximum absolute atomic E-state index is 11.5. The summed E-state index contributed by atoms with van der Waals surface area (Å²) in [6.07, 6.45) is 1.09. The molecule has 1 aromatic rings. The first-order valence-corrected chi connectivity index (χ1v) is 8.74. The second-order valence-electron chi connectivity index (χ2n) is 5.51. The SMILES string of the molecule is CN(C)CCn1ncc(Cl)c1C(O)C1CCS(=O)(=O)C1. The van der Waals surface area contributed by atoms with Crippen LogP contribution >= 0.6 is 11.6 Å². The van der Waals surface area contributed by atoms with Gasteiger partial charge in [-0.2, -0.15) is 5.10 Å². The third-order valence-corrected chi connectivity index (χ3v) is 5.67. The highest BCUT2D eigenvalue weighted by Crippen LogP contribution is 2.34. The smallest absolute Gasteiger partial charge is 0.150 e. The minimum Gasteiger partial charge on any atom is -0.386 e. The molecular formula is C12H20ClN3O3S. The van der Waals surface area contributed by atoms with Gasteiger partial charge in [-0.1, -0.05) is 11.6 Å². The van der Waals surface area contributed by atoms with Crippen LogP contribution in [0.25, 0.3) is 0 Å². The van der Waals surface area contributed by atoms with Gasteiger partial charge in [0, 0.05) is 12.5 Å². The Labute approximate surface area is 124 Å². The van der Waals surface area contributed by atoms with Gasteiger partial charge in [-0.15, -0.1) is 0 Å². The van der Waals surface area contributed by atoms with E-state index in [1.165, 1.54) is 6.20 Å². The monoisotopic (exact) mass is 321 g/mol. The van der Waals surface area contributed by atoms with E-state index >= 15 is 0 Å². The Morgan fingerprint density at radius 2 is 2.30 bits per heavy atom. The number of nitrogens with zero attached hydrogens (tertiary/aromatic N) is 3. The Morgan fingerprint density at radius 3 is 2.85 bits per heavy atom. The van der Waals surface area contributed by atoms with Crippen LogP contribution in [0.3, 0.4) is 0 Å². The van der Waals surface area contributed by atoms with Crippen LogP contribution in [0.1, 0.15) is 18.2 Å². The van der Waals surface area contributed by atoms with Crippen LogP contribution in [-0.2, 0) is 16.4 Å². The third kappa shape index (κ3) is 3.52. The van der Waals surface area contributed by atoms with Crippen LogP contribution in [0.5, 0.6) is 0 Å². The summed E-state index contributed by atoms with van der Waals surface area (Å²) >= 11 is 6.10.